The fraction of sp³-hybridized carbons (Fsp3) is 0.222. The smallest absolute Gasteiger partial charge is 0.135 e. The minimum atomic E-state index is 0.717. The minimum Gasteiger partial charge on any atom is -0.384 e. The highest BCUT2D eigenvalue weighted by Gasteiger charge is 2.06. The van der Waals surface area contributed by atoms with E-state index in [9.17, 15) is 0 Å². The van der Waals surface area contributed by atoms with Gasteiger partial charge in [0.2, 0.25) is 0 Å². The normalized spacial score (nSPS) is 10.5. The lowest BCUT2D eigenvalue weighted by Crippen LogP contribution is -2.01. The van der Waals surface area contributed by atoms with Crippen LogP contribution in [0, 0.1) is 13.8 Å². The van der Waals surface area contributed by atoms with Gasteiger partial charge in [-0.2, -0.15) is 0 Å². The molecule has 3 aromatic rings. The molecule has 0 saturated heterocycles. The van der Waals surface area contributed by atoms with Crippen molar-refractivity contribution in [1.82, 2.24) is 19.9 Å². The van der Waals surface area contributed by atoms with Crippen LogP contribution in [0.4, 0.5) is 17.3 Å². The van der Waals surface area contributed by atoms with Crippen molar-refractivity contribution >= 4 is 17.3 Å². The Morgan fingerprint density at radius 3 is 2.54 bits per heavy atom. The summed E-state index contributed by atoms with van der Waals surface area (Å²) in [6.07, 6.45) is 5.38. The molecule has 0 bridgehead atoms. The van der Waals surface area contributed by atoms with Gasteiger partial charge in [-0.05, 0) is 50.6 Å². The van der Waals surface area contributed by atoms with Crippen molar-refractivity contribution in [1.29, 1.82) is 0 Å². The first-order chi connectivity index (χ1) is 11.7. The summed E-state index contributed by atoms with van der Waals surface area (Å²) >= 11 is 0. The van der Waals surface area contributed by atoms with Crippen molar-refractivity contribution in [2.24, 2.45) is 0 Å². The number of aromatic nitrogens is 4. The molecule has 24 heavy (non-hydrogen) atoms. The van der Waals surface area contributed by atoms with Gasteiger partial charge in [-0.25, -0.2) is 15.0 Å². The Morgan fingerprint density at radius 1 is 0.917 bits per heavy atom. The van der Waals surface area contributed by atoms with Crippen molar-refractivity contribution in [3.05, 3.63) is 54.4 Å². The van der Waals surface area contributed by atoms with Gasteiger partial charge in [-0.1, -0.05) is 0 Å². The van der Waals surface area contributed by atoms with Crippen molar-refractivity contribution in [3.8, 4) is 11.1 Å². The van der Waals surface area contributed by atoms with Gasteiger partial charge in [0.05, 0.1) is 11.4 Å². The molecular weight excluding hydrogens is 300 g/mol. The van der Waals surface area contributed by atoms with E-state index < -0.39 is 0 Å². The first-order valence-electron chi connectivity index (χ1n) is 7.89. The van der Waals surface area contributed by atoms with Gasteiger partial charge < -0.3 is 10.6 Å². The zero-order valence-corrected chi connectivity index (χ0v) is 14.0. The number of pyridine rings is 2. The van der Waals surface area contributed by atoms with E-state index in [1.165, 1.54) is 0 Å². The number of hydrogen-bond donors (Lipinski definition) is 2. The zero-order valence-electron chi connectivity index (χ0n) is 14.0. The SMILES string of the molecule is CCNc1cc(-c2ccnc(Nc3ccnc(C)n3)c2)cnc1C. The molecule has 0 fully saturated rings. The standard InChI is InChI=1S/C18H20N6/c1-4-19-16-9-15(11-22-12(16)2)14-5-7-21-18(10-14)24-17-6-8-20-13(3)23-17/h5-11,19H,4H2,1-3H3,(H,20,21,23,24). The third kappa shape index (κ3) is 3.65. The Bertz CT molecular complexity index is 846. The average Bonchev–Trinajstić information content (AvgIpc) is 2.57. The predicted octanol–water partition coefficient (Wildman–Crippen LogP) is 3.73. The fourth-order valence-electron chi connectivity index (χ4n) is 2.40. The lowest BCUT2D eigenvalue weighted by molar-refractivity contribution is 1.05. The van der Waals surface area contributed by atoms with Crippen LogP contribution in [0.3, 0.4) is 0 Å². The summed E-state index contributed by atoms with van der Waals surface area (Å²) < 4.78 is 0. The van der Waals surface area contributed by atoms with Gasteiger partial charge in [-0.3, -0.25) is 4.98 Å². The summed E-state index contributed by atoms with van der Waals surface area (Å²) in [7, 11) is 0. The number of nitrogens with one attached hydrogen (secondary N) is 2. The fourth-order valence-corrected chi connectivity index (χ4v) is 2.40. The van der Waals surface area contributed by atoms with Crippen LogP contribution in [-0.4, -0.2) is 26.5 Å². The monoisotopic (exact) mass is 320 g/mol. The highest BCUT2D eigenvalue weighted by atomic mass is 15.1. The first-order valence-corrected chi connectivity index (χ1v) is 7.89. The number of rotatable bonds is 5. The summed E-state index contributed by atoms with van der Waals surface area (Å²) in [5.41, 5.74) is 4.13. The van der Waals surface area contributed by atoms with Crippen molar-refractivity contribution < 1.29 is 0 Å². The van der Waals surface area contributed by atoms with Gasteiger partial charge in [-0.15, -0.1) is 0 Å². The van der Waals surface area contributed by atoms with E-state index in [0.29, 0.717) is 5.82 Å². The number of hydrogen-bond acceptors (Lipinski definition) is 6. The third-order valence-corrected chi connectivity index (χ3v) is 3.58. The molecule has 0 unspecified atom stereocenters. The van der Waals surface area contributed by atoms with E-state index in [4.69, 9.17) is 0 Å². The highest BCUT2D eigenvalue weighted by molar-refractivity contribution is 5.71. The molecule has 3 aromatic heterocycles. The second-order valence-corrected chi connectivity index (χ2v) is 5.43. The summed E-state index contributed by atoms with van der Waals surface area (Å²) in [4.78, 5) is 17.3. The Hall–Kier alpha value is -3.02. The predicted molar refractivity (Wildman–Crippen MR) is 96.4 cm³/mol. The van der Waals surface area contributed by atoms with Crippen LogP contribution < -0.4 is 10.6 Å². The second-order valence-electron chi connectivity index (χ2n) is 5.43. The second kappa shape index (κ2) is 7.04. The molecule has 0 saturated carbocycles. The first kappa shape index (κ1) is 15.9. The molecule has 3 rings (SSSR count). The molecule has 0 atom stereocenters. The van der Waals surface area contributed by atoms with E-state index in [1.807, 2.05) is 38.2 Å². The molecule has 3 heterocycles. The van der Waals surface area contributed by atoms with Gasteiger partial charge in [0.1, 0.15) is 17.5 Å². The molecule has 122 valence electrons. The zero-order chi connectivity index (χ0) is 16.9. The Labute approximate surface area is 141 Å². The van der Waals surface area contributed by atoms with Crippen LogP contribution in [-0.2, 0) is 0 Å². The minimum absolute atomic E-state index is 0.717. The number of anilines is 3. The molecule has 0 aliphatic carbocycles. The Morgan fingerprint density at radius 2 is 1.75 bits per heavy atom. The van der Waals surface area contributed by atoms with Gasteiger partial charge >= 0.3 is 0 Å². The van der Waals surface area contributed by atoms with E-state index in [2.05, 4.69) is 43.6 Å². The summed E-state index contributed by atoms with van der Waals surface area (Å²) in [5.74, 6) is 2.17. The molecular formula is C18H20N6. The lowest BCUT2D eigenvalue weighted by atomic mass is 10.1. The van der Waals surface area contributed by atoms with Crippen molar-refractivity contribution in [3.63, 3.8) is 0 Å². The molecule has 0 aromatic carbocycles. The van der Waals surface area contributed by atoms with E-state index in [0.717, 1.165) is 40.7 Å². The van der Waals surface area contributed by atoms with E-state index in [1.54, 1.807) is 12.4 Å². The Balaban J connectivity index is 1.89. The summed E-state index contributed by atoms with van der Waals surface area (Å²) in [6, 6.07) is 7.88. The lowest BCUT2D eigenvalue weighted by Gasteiger charge is -2.10. The van der Waals surface area contributed by atoms with Gasteiger partial charge in [0.25, 0.3) is 0 Å². The molecule has 0 aliphatic rings. The largest absolute Gasteiger partial charge is 0.384 e. The Kier molecular flexibility index (Phi) is 4.65. The molecule has 0 radical (unpaired) electrons. The van der Waals surface area contributed by atoms with Crippen LogP contribution in [0.2, 0.25) is 0 Å². The van der Waals surface area contributed by atoms with Crippen LogP contribution >= 0.6 is 0 Å². The van der Waals surface area contributed by atoms with Crippen LogP contribution in [0.1, 0.15) is 18.4 Å². The number of aryl methyl sites for hydroxylation is 2. The molecule has 6 heteroatoms. The molecule has 0 amide bonds. The average molecular weight is 320 g/mol. The molecule has 0 spiro atoms. The van der Waals surface area contributed by atoms with Gasteiger partial charge in [0, 0.05) is 30.7 Å². The third-order valence-electron chi connectivity index (χ3n) is 3.58. The molecule has 2 N–H and O–H groups in total. The topological polar surface area (TPSA) is 75.6 Å². The van der Waals surface area contributed by atoms with E-state index >= 15 is 0 Å². The van der Waals surface area contributed by atoms with E-state index in [-0.39, 0.29) is 0 Å². The van der Waals surface area contributed by atoms with Crippen molar-refractivity contribution in [2.75, 3.05) is 17.2 Å². The maximum Gasteiger partial charge on any atom is 0.135 e. The van der Waals surface area contributed by atoms with Crippen LogP contribution in [0.25, 0.3) is 11.1 Å². The molecule has 6 nitrogen and oxygen atoms in total. The molecule has 0 aliphatic heterocycles. The highest BCUT2D eigenvalue weighted by Crippen LogP contribution is 2.25. The maximum absolute atomic E-state index is 4.48. The quantitative estimate of drug-likeness (QED) is 0.746. The van der Waals surface area contributed by atoms with Crippen LogP contribution in [0.15, 0.2) is 42.9 Å². The maximum atomic E-state index is 4.48. The number of nitrogens with zero attached hydrogens (tertiary/aromatic N) is 4. The summed E-state index contributed by atoms with van der Waals surface area (Å²) in [5, 5.41) is 6.54. The van der Waals surface area contributed by atoms with Crippen LogP contribution in [0.5, 0.6) is 0 Å². The van der Waals surface area contributed by atoms with Crippen molar-refractivity contribution in [2.45, 2.75) is 20.8 Å². The summed E-state index contributed by atoms with van der Waals surface area (Å²) in [6.45, 7) is 6.79. The van der Waals surface area contributed by atoms with Gasteiger partial charge in [0.15, 0.2) is 0 Å².